The Morgan fingerprint density at radius 2 is 1.25 bits per heavy atom. The molecule has 0 saturated carbocycles. The number of hydrogen-bond donors (Lipinski definition) is 6. The zero-order valence-corrected chi connectivity index (χ0v) is 52.9. The van der Waals surface area contributed by atoms with Crippen LogP contribution in [0.1, 0.15) is 123 Å². The Morgan fingerprint density at radius 3 is 1.69 bits per heavy atom. The molecule has 84 heavy (non-hydrogen) atoms. The number of rotatable bonds is 15. The lowest BCUT2D eigenvalue weighted by Gasteiger charge is -2.21. The van der Waals surface area contributed by atoms with Gasteiger partial charge in [-0.3, -0.25) is 14.6 Å². The standard InChI is InChI=1S/C31H29Cl2F3N4O4.C11H11BrCl2O2.C11H10Cl2F3NO2.C4H11N/c1-5-15(2)38-18-13-22(32)26(23(33)14-18)28(41)39-24(30(43)44)12-17-8-9-20(27-19(17)7-6-10-37-27)25-21(31(34,35)36)11-16(3)40(4)29(25)42;1-11(2,3)16-10(15)9-7(13)4-6(12)5-8(9)14;1-2-8(11(14,15)16)17-5-3-6(12)9(10(18)19)7(13)4-5;1-3-4(2)5/h6-11,13-15,24,38H,5,12H2,1-4H3,(H,39,41)(H,43,44);4-5H,1-3H3;3-4,8,17H,2H2,1H3,(H,18,19);4H,3,5H2,1-2H3/t15-,24-;;8-;4-/m0.10/s1. The van der Waals surface area contributed by atoms with E-state index < -0.39 is 70.5 Å². The first-order valence-electron chi connectivity index (χ1n) is 25.4. The quantitative estimate of drug-likeness (QED) is 0.0418. The van der Waals surface area contributed by atoms with Gasteiger partial charge < -0.3 is 41.2 Å². The van der Waals surface area contributed by atoms with E-state index in [1.807, 2.05) is 20.8 Å². The van der Waals surface area contributed by atoms with Gasteiger partial charge in [0.1, 0.15) is 17.7 Å². The van der Waals surface area contributed by atoms with E-state index in [1.54, 1.807) is 39.0 Å². The number of amides is 1. The average Bonchev–Trinajstić information content (AvgIpc) is 2.54. The van der Waals surface area contributed by atoms with Gasteiger partial charge >= 0.3 is 30.3 Å². The molecule has 0 radical (unpaired) electrons. The van der Waals surface area contributed by atoms with Gasteiger partial charge in [0.2, 0.25) is 0 Å². The lowest BCUT2D eigenvalue weighted by atomic mass is 9.93. The second-order valence-electron chi connectivity index (χ2n) is 19.8. The van der Waals surface area contributed by atoms with Crippen LogP contribution in [0, 0.1) is 6.92 Å². The van der Waals surface area contributed by atoms with Crippen molar-refractivity contribution in [1.82, 2.24) is 14.9 Å². The molecule has 0 spiro atoms. The van der Waals surface area contributed by atoms with E-state index in [0.717, 1.165) is 40.1 Å². The molecule has 458 valence electrons. The van der Waals surface area contributed by atoms with Crippen LogP contribution in [0.3, 0.4) is 0 Å². The molecule has 4 atom stereocenters. The third-order valence-electron chi connectivity index (χ3n) is 12.1. The number of ether oxygens (including phenoxy) is 1. The topological polar surface area (TPSA) is 215 Å². The number of fused-ring (bicyclic) bond motifs is 1. The summed E-state index contributed by atoms with van der Waals surface area (Å²) in [5.41, 5.74) is 3.06. The molecule has 0 aliphatic heterocycles. The van der Waals surface area contributed by atoms with E-state index in [2.05, 4.69) is 43.8 Å². The maximum Gasteiger partial charge on any atom is 0.417 e. The van der Waals surface area contributed by atoms with Crippen LogP contribution in [0.5, 0.6) is 0 Å². The molecule has 2 heterocycles. The number of nitrogens with one attached hydrogen (secondary N) is 3. The molecule has 0 fully saturated rings. The number of nitrogens with two attached hydrogens (primary N) is 1. The van der Waals surface area contributed by atoms with Crippen LogP contribution in [0.2, 0.25) is 30.1 Å². The zero-order valence-electron chi connectivity index (χ0n) is 46.8. The highest BCUT2D eigenvalue weighted by atomic mass is 79.9. The van der Waals surface area contributed by atoms with Gasteiger partial charge in [-0.1, -0.05) is 125 Å². The predicted molar refractivity (Wildman–Crippen MR) is 325 cm³/mol. The molecule has 0 saturated heterocycles. The first-order valence-corrected chi connectivity index (χ1v) is 28.5. The van der Waals surface area contributed by atoms with Gasteiger partial charge in [0.25, 0.3) is 11.5 Å². The van der Waals surface area contributed by atoms with E-state index in [-0.39, 0.29) is 88.2 Å². The monoisotopic (exact) mass is 1360 g/mol. The highest BCUT2D eigenvalue weighted by molar-refractivity contribution is 9.10. The Labute approximate surface area is 519 Å². The third-order valence-corrected chi connectivity index (χ3v) is 14.3. The van der Waals surface area contributed by atoms with Gasteiger partial charge in [0.15, 0.2) is 0 Å². The molecule has 27 heteroatoms. The molecule has 0 unspecified atom stereocenters. The predicted octanol–water partition coefficient (Wildman–Crippen LogP) is 16.8. The SMILES string of the molecule is CC(C)(C)OC(=O)c1c(Cl)cc(Br)cc1Cl.CC[C@@H](Nc1cc(Cl)c(C(=O)O)c(Cl)c1)C(F)(F)F.CC[C@H](C)N.CC[C@H](C)Nc1cc(Cl)c(C(=O)N[C@@H](Cc2ccc(-c3c(C(F)(F)F)cc(C)n(C)c3=O)c3ncccc23)C(=O)O)c(Cl)c1. The third kappa shape index (κ3) is 20.6. The largest absolute Gasteiger partial charge is 0.480 e. The number of carboxylic acid groups (broad SMARTS) is 2. The van der Waals surface area contributed by atoms with E-state index in [9.17, 15) is 55.4 Å². The van der Waals surface area contributed by atoms with E-state index in [1.165, 1.54) is 57.4 Å². The van der Waals surface area contributed by atoms with Crippen LogP contribution in [0.4, 0.5) is 37.7 Å². The molecule has 6 aromatic rings. The summed E-state index contributed by atoms with van der Waals surface area (Å²) in [4.78, 5) is 65.5. The van der Waals surface area contributed by atoms with Crippen LogP contribution >= 0.6 is 85.5 Å². The van der Waals surface area contributed by atoms with Crippen LogP contribution in [-0.2, 0) is 29.2 Å². The number of carbonyl (C=O) groups excluding carboxylic acids is 2. The number of carboxylic acids is 2. The van der Waals surface area contributed by atoms with Crippen molar-refractivity contribution in [3.63, 3.8) is 0 Å². The number of halogens is 13. The first kappa shape index (κ1) is 72.7. The average molecular weight is 1360 g/mol. The molecule has 2 aromatic heterocycles. The van der Waals surface area contributed by atoms with E-state index >= 15 is 0 Å². The number of benzene rings is 4. The van der Waals surface area contributed by atoms with Crippen molar-refractivity contribution in [2.45, 2.75) is 130 Å². The fourth-order valence-electron chi connectivity index (χ4n) is 7.37. The highest BCUT2D eigenvalue weighted by Gasteiger charge is 2.39. The fourth-order valence-corrected chi connectivity index (χ4v) is 10.0. The van der Waals surface area contributed by atoms with Gasteiger partial charge in [-0.2, -0.15) is 26.3 Å². The number of hydrogen-bond acceptors (Lipinski definition) is 10. The van der Waals surface area contributed by atoms with Crippen molar-refractivity contribution in [2.24, 2.45) is 12.8 Å². The summed E-state index contributed by atoms with van der Waals surface area (Å²) in [5.74, 6) is -4.05. The minimum atomic E-state index is -4.82. The fraction of sp³-hybridized carbons (Fsp3) is 0.368. The number of nitrogens with zero attached hydrogens (tertiary/aromatic N) is 2. The summed E-state index contributed by atoms with van der Waals surface area (Å²) in [6.45, 7) is 16.2. The zero-order chi connectivity index (χ0) is 64.1. The van der Waals surface area contributed by atoms with E-state index in [0.29, 0.717) is 22.7 Å². The van der Waals surface area contributed by atoms with Crippen molar-refractivity contribution in [3.05, 3.63) is 151 Å². The summed E-state index contributed by atoms with van der Waals surface area (Å²) in [6.07, 6.45) is -6.41. The summed E-state index contributed by atoms with van der Waals surface area (Å²) >= 11 is 39.2. The summed E-state index contributed by atoms with van der Waals surface area (Å²) < 4.78 is 87.1. The Morgan fingerprint density at radius 1 is 0.750 bits per heavy atom. The number of esters is 1. The lowest BCUT2D eigenvalue weighted by molar-refractivity contribution is -0.143. The molecule has 7 N–H and O–H groups in total. The van der Waals surface area contributed by atoms with Crippen LogP contribution in [-0.4, -0.2) is 79.5 Å². The number of pyridine rings is 2. The van der Waals surface area contributed by atoms with Crippen molar-refractivity contribution >= 4 is 132 Å². The summed E-state index contributed by atoms with van der Waals surface area (Å²) in [5, 5.41) is 27.1. The second-order valence-corrected chi connectivity index (χ2v) is 23.2. The summed E-state index contributed by atoms with van der Waals surface area (Å²) in [6, 6.07) is 12.5. The molecule has 0 aliphatic rings. The van der Waals surface area contributed by atoms with Crippen LogP contribution in [0.25, 0.3) is 22.0 Å². The minimum absolute atomic E-state index is 0.0177. The van der Waals surface area contributed by atoms with Crippen LogP contribution < -0.4 is 27.2 Å². The second kappa shape index (κ2) is 31.2. The first-order chi connectivity index (χ1) is 38.8. The Balaban J connectivity index is 0.000000377. The number of aromatic carboxylic acids is 1. The number of aryl methyl sites for hydroxylation is 1. The van der Waals surface area contributed by atoms with Crippen molar-refractivity contribution < 1.29 is 60.5 Å². The highest BCUT2D eigenvalue weighted by Crippen LogP contribution is 2.39. The molecule has 0 aliphatic carbocycles. The van der Waals surface area contributed by atoms with Gasteiger partial charge in [-0.25, -0.2) is 14.4 Å². The van der Waals surface area contributed by atoms with Gasteiger partial charge in [-0.05, 0) is 115 Å². The molecule has 1 amide bonds. The van der Waals surface area contributed by atoms with Gasteiger partial charge in [-0.15, -0.1) is 0 Å². The maximum absolute atomic E-state index is 14.1. The number of carbonyl (C=O) groups is 4. The molecule has 6 rings (SSSR count). The Bertz CT molecular complexity index is 3350. The lowest BCUT2D eigenvalue weighted by Crippen LogP contribution is -2.42. The van der Waals surface area contributed by atoms with Gasteiger partial charge in [0.05, 0.1) is 63.5 Å². The number of aromatic nitrogens is 2. The maximum atomic E-state index is 14.1. The van der Waals surface area contributed by atoms with E-state index in [4.69, 9.17) is 85.2 Å². The summed E-state index contributed by atoms with van der Waals surface area (Å²) in [7, 11) is 1.37. The minimum Gasteiger partial charge on any atom is -0.480 e. The smallest absolute Gasteiger partial charge is 0.417 e. The van der Waals surface area contributed by atoms with Crippen molar-refractivity contribution in [1.29, 1.82) is 0 Å². The molecule has 14 nitrogen and oxygen atoms in total. The Hall–Kier alpha value is -5.52. The number of anilines is 2. The molecule has 4 aromatic carbocycles. The van der Waals surface area contributed by atoms with Crippen LogP contribution in [0.15, 0.2) is 82.2 Å². The normalized spacial score (nSPS) is 12.9. The molecular formula is C57H61BrCl6F6N6O8. The van der Waals surface area contributed by atoms with Crippen molar-refractivity contribution in [2.75, 3.05) is 10.6 Å². The number of aliphatic carboxylic acids is 1. The van der Waals surface area contributed by atoms with Gasteiger partial charge in [0, 0.05) is 64.2 Å². The molecule has 0 bridgehead atoms. The van der Waals surface area contributed by atoms with Crippen molar-refractivity contribution in [3.8, 4) is 11.1 Å². The molecular weight excluding hydrogens is 1300 g/mol. The number of alkyl halides is 6. The Kier molecular flexibility index (Phi) is 27.0.